The maximum absolute atomic E-state index is 12.4. The van der Waals surface area contributed by atoms with Gasteiger partial charge in [-0.2, -0.15) is 0 Å². The smallest absolute Gasteiger partial charge is 0.246 e. The highest BCUT2D eigenvalue weighted by atomic mass is 35.5. The van der Waals surface area contributed by atoms with E-state index < -0.39 is 5.54 Å². The van der Waals surface area contributed by atoms with Gasteiger partial charge in [-0.1, -0.05) is 37.1 Å². The van der Waals surface area contributed by atoms with Crippen LogP contribution < -0.4 is 16.4 Å². The Bertz CT molecular complexity index is 801. The summed E-state index contributed by atoms with van der Waals surface area (Å²) in [6, 6.07) is 8.23. The minimum atomic E-state index is -0.745. The summed E-state index contributed by atoms with van der Waals surface area (Å²) in [6.07, 6.45) is 5.31. The highest BCUT2D eigenvalue weighted by Crippen LogP contribution is 2.30. The van der Waals surface area contributed by atoms with Crippen LogP contribution in [0.5, 0.6) is 0 Å². The monoisotopic (exact) mass is 422 g/mol. The number of carbonyl (C=O) groups is 2. The van der Waals surface area contributed by atoms with Crippen LogP contribution in [0, 0.1) is 0 Å². The van der Waals surface area contributed by atoms with E-state index in [4.69, 9.17) is 5.73 Å². The molecule has 0 radical (unpaired) electrons. The fraction of sp³-hybridized carbons (Fsp3) is 0.450. The zero-order valence-corrected chi connectivity index (χ0v) is 17.6. The van der Waals surface area contributed by atoms with Crippen LogP contribution in [-0.4, -0.2) is 28.9 Å². The lowest BCUT2D eigenvalue weighted by Gasteiger charge is -2.21. The second-order valence-corrected chi connectivity index (χ2v) is 8.00. The van der Waals surface area contributed by atoms with Crippen LogP contribution in [0.25, 0.3) is 11.3 Å². The lowest BCUT2D eigenvalue weighted by molar-refractivity contribution is -0.121. The number of rotatable bonds is 7. The lowest BCUT2D eigenvalue weighted by atomic mass is 9.98. The maximum atomic E-state index is 12.4. The van der Waals surface area contributed by atoms with Gasteiger partial charge in [-0.3, -0.25) is 9.59 Å². The SMILES string of the molecule is CC(=O)NCCCc1ccc(-c2csc(NC(=O)C3(N)CCCC3)n2)cc1.Cl. The molecule has 1 heterocycles. The zero-order valence-electron chi connectivity index (χ0n) is 16.0. The van der Waals surface area contributed by atoms with E-state index in [9.17, 15) is 9.59 Å². The molecular weight excluding hydrogens is 396 g/mol. The molecule has 152 valence electrons. The summed E-state index contributed by atoms with van der Waals surface area (Å²) in [5.41, 5.74) is 8.53. The fourth-order valence-electron chi connectivity index (χ4n) is 3.32. The van der Waals surface area contributed by atoms with Crippen molar-refractivity contribution in [1.82, 2.24) is 10.3 Å². The quantitative estimate of drug-likeness (QED) is 0.594. The van der Waals surface area contributed by atoms with E-state index in [0.717, 1.165) is 49.8 Å². The number of thiazole rings is 1. The number of aromatic nitrogens is 1. The Kier molecular flexibility index (Phi) is 7.98. The first kappa shape index (κ1) is 22.3. The molecule has 0 atom stereocenters. The van der Waals surface area contributed by atoms with Crippen molar-refractivity contribution in [2.24, 2.45) is 5.73 Å². The van der Waals surface area contributed by atoms with E-state index in [-0.39, 0.29) is 24.2 Å². The number of nitrogens with zero attached hydrogens (tertiary/aromatic N) is 1. The number of anilines is 1. The largest absolute Gasteiger partial charge is 0.356 e. The van der Waals surface area contributed by atoms with E-state index >= 15 is 0 Å². The van der Waals surface area contributed by atoms with Crippen molar-refractivity contribution < 1.29 is 9.59 Å². The van der Waals surface area contributed by atoms with Crippen molar-refractivity contribution in [3.05, 3.63) is 35.2 Å². The molecule has 0 saturated heterocycles. The first-order valence-corrected chi connectivity index (χ1v) is 10.2. The molecular formula is C20H27ClN4O2S. The topological polar surface area (TPSA) is 97.1 Å². The van der Waals surface area contributed by atoms with Gasteiger partial charge in [0.05, 0.1) is 11.2 Å². The molecule has 1 fully saturated rings. The van der Waals surface area contributed by atoms with Gasteiger partial charge in [-0.15, -0.1) is 23.7 Å². The predicted molar refractivity (Wildman–Crippen MR) is 116 cm³/mol. The van der Waals surface area contributed by atoms with Crippen LogP contribution in [-0.2, 0) is 16.0 Å². The van der Waals surface area contributed by atoms with Gasteiger partial charge in [0.1, 0.15) is 0 Å². The predicted octanol–water partition coefficient (Wildman–Crippen LogP) is 3.51. The number of hydrogen-bond acceptors (Lipinski definition) is 5. The Labute approximate surface area is 175 Å². The number of nitrogens with two attached hydrogens (primary N) is 1. The molecule has 3 rings (SSSR count). The molecule has 0 aliphatic heterocycles. The Balaban J connectivity index is 0.00000280. The number of hydrogen-bond donors (Lipinski definition) is 3. The number of amides is 2. The van der Waals surface area contributed by atoms with Gasteiger partial charge in [0.2, 0.25) is 11.8 Å². The summed E-state index contributed by atoms with van der Waals surface area (Å²) < 4.78 is 0. The maximum Gasteiger partial charge on any atom is 0.246 e. The third-order valence-electron chi connectivity index (χ3n) is 4.94. The van der Waals surface area contributed by atoms with Crippen molar-refractivity contribution in [2.75, 3.05) is 11.9 Å². The summed E-state index contributed by atoms with van der Waals surface area (Å²) >= 11 is 1.42. The fourth-order valence-corrected chi connectivity index (χ4v) is 4.03. The van der Waals surface area contributed by atoms with Gasteiger partial charge in [-0.25, -0.2) is 4.98 Å². The molecule has 4 N–H and O–H groups in total. The highest BCUT2D eigenvalue weighted by molar-refractivity contribution is 7.14. The van der Waals surface area contributed by atoms with Crippen molar-refractivity contribution in [3.8, 4) is 11.3 Å². The number of carbonyl (C=O) groups excluding carboxylic acids is 2. The van der Waals surface area contributed by atoms with Crippen molar-refractivity contribution in [2.45, 2.75) is 51.0 Å². The molecule has 2 amide bonds. The van der Waals surface area contributed by atoms with E-state index in [0.29, 0.717) is 11.7 Å². The first-order valence-electron chi connectivity index (χ1n) is 9.36. The summed E-state index contributed by atoms with van der Waals surface area (Å²) in [5.74, 6) is -0.124. The van der Waals surface area contributed by atoms with Crippen molar-refractivity contribution in [3.63, 3.8) is 0 Å². The molecule has 8 heteroatoms. The van der Waals surface area contributed by atoms with E-state index in [2.05, 4.69) is 27.8 Å². The number of benzene rings is 1. The molecule has 1 aromatic heterocycles. The average molecular weight is 423 g/mol. The summed E-state index contributed by atoms with van der Waals surface area (Å²) in [6.45, 7) is 2.22. The summed E-state index contributed by atoms with van der Waals surface area (Å²) in [4.78, 5) is 27.8. The Morgan fingerprint density at radius 3 is 2.54 bits per heavy atom. The third-order valence-corrected chi connectivity index (χ3v) is 5.70. The van der Waals surface area contributed by atoms with Crippen molar-refractivity contribution >= 4 is 40.7 Å². The Hall–Kier alpha value is -1.96. The normalized spacial score (nSPS) is 14.9. The van der Waals surface area contributed by atoms with E-state index in [1.807, 2.05) is 17.5 Å². The van der Waals surface area contributed by atoms with Crippen LogP contribution in [0.2, 0.25) is 0 Å². The molecule has 0 unspecified atom stereocenters. The van der Waals surface area contributed by atoms with Crippen LogP contribution >= 0.6 is 23.7 Å². The Morgan fingerprint density at radius 2 is 1.89 bits per heavy atom. The summed E-state index contributed by atoms with van der Waals surface area (Å²) in [7, 11) is 0. The lowest BCUT2D eigenvalue weighted by Crippen LogP contribution is -2.48. The number of nitrogens with one attached hydrogen (secondary N) is 2. The molecule has 1 aliphatic carbocycles. The number of halogens is 1. The second kappa shape index (κ2) is 10.0. The minimum Gasteiger partial charge on any atom is -0.356 e. The Morgan fingerprint density at radius 1 is 1.21 bits per heavy atom. The van der Waals surface area contributed by atoms with Gasteiger partial charge in [0, 0.05) is 24.4 Å². The van der Waals surface area contributed by atoms with Gasteiger partial charge in [-0.05, 0) is 31.2 Å². The summed E-state index contributed by atoms with van der Waals surface area (Å²) in [5, 5.41) is 8.21. The molecule has 0 bridgehead atoms. The molecule has 1 saturated carbocycles. The molecule has 6 nitrogen and oxygen atoms in total. The molecule has 1 aromatic carbocycles. The second-order valence-electron chi connectivity index (χ2n) is 7.14. The van der Waals surface area contributed by atoms with Gasteiger partial charge in [0.15, 0.2) is 5.13 Å². The molecule has 28 heavy (non-hydrogen) atoms. The van der Waals surface area contributed by atoms with Crippen LogP contribution in [0.1, 0.15) is 44.6 Å². The third kappa shape index (κ3) is 5.77. The van der Waals surface area contributed by atoms with Gasteiger partial charge in [0.25, 0.3) is 0 Å². The first-order chi connectivity index (χ1) is 13.0. The molecule has 2 aromatic rings. The molecule has 1 aliphatic rings. The number of aryl methyl sites for hydroxylation is 1. The zero-order chi connectivity index (χ0) is 19.3. The standard InChI is InChI=1S/C20H26N4O2S.ClH/c1-14(25)22-12-4-5-15-6-8-16(9-7-15)17-13-27-19(23-17)24-18(26)20(21)10-2-3-11-20;/h6-9,13H,2-5,10-12,21H2,1H3,(H,22,25)(H,23,24,26);1H. The van der Waals surface area contributed by atoms with Crippen LogP contribution in [0.15, 0.2) is 29.6 Å². The highest BCUT2D eigenvalue weighted by Gasteiger charge is 2.37. The van der Waals surface area contributed by atoms with Crippen molar-refractivity contribution in [1.29, 1.82) is 0 Å². The molecule has 0 spiro atoms. The van der Waals surface area contributed by atoms with Gasteiger partial charge >= 0.3 is 0 Å². The van der Waals surface area contributed by atoms with Gasteiger partial charge < -0.3 is 16.4 Å². The van der Waals surface area contributed by atoms with Crippen LogP contribution in [0.4, 0.5) is 5.13 Å². The van der Waals surface area contributed by atoms with Crippen LogP contribution in [0.3, 0.4) is 0 Å². The van der Waals surface area contributed by atoms with E-state index in [1.165, 1.54) is 23.8 Å². The minimum absolute atomic E-state index is 0. The van der Waals surface area contributed by atoms with E-state index in [1.54, 1.807) is 0 Å². The average Bonchev–Trinajstić information content (AvgIpc) is 3.29.